The first-order valence-corrected chi connectivity index (χ1v) is 44.2. The number of ether oxygens (including phenoxy) is 2. The lowest BCUT2D eigenvalue weighted by Gasteiger charge is -2.18. The number of Topliss-reactive ketones (excluding diaryl/α,β-unsaturated/α-hetero) is 6. The van der Waals surface area contributed by atoms with E-state index in [-0.39, 0.29) is 67.2 Å². The summed E-state index contributed by atoms with van der Waals surface area (Å²) < 4.78 is 24.6. The second kappa shape index (κ2) is 42.7. The van der Waals surface area contributed by atoms with Gasteiger partial charge in [-0.1, -0.05) is 119 Å². The molecule has 0 aliphatic heterocycles. The van der Waals surface area contributed by atoms with Crippen LogP contribution in [-0.2, 0) is 71.0 Å². The molecule has 6 aliphatic rings. The number of ketones is 6. The zero-order valence-electron chi connectivity index (χ0n) is 74.0. The number of aromatic nitrogens is 12. The van der Waals surface area contributed by atoms with Crippen molar-refractivity contribution in [2.75, 3.05) is 53.9 Å². The van der Waals surface area contributed by atoms with Crippen molar-refractivity contribution in [2.45, 2.75) is 176 Å². The standard InChI is InChI=1S/C18H20N2O3.C17H17ClN2O3.C17H17FN2O2.2C17H18N2O2.C16H15ClN2O2/c1-12-3-4-14(7-16(12)23-2)18(5-6-18)8-17-19-9-13(10-20-17)15(22)11-21;1-23-15-3-2-12(18)6-13(15)17(4-5-17)7-16-19-8-11(9-20-16)14(22)10-21;1-11-2-3-13(6-14(11)18)17(4-5-17)7-16-19-8-12(9-20-16)15(22)10-21;1-12-2-4-14(5-3-12)17(6-7-17)8-16-18-9-13(10-19-16)15(21)11-20;1-12-3-2-4-14(7-12)17(5-6-17)8-16-18-9-13(10-19-16)15(21)11-20;17-13-3-1-12(2-4-13)16(5-6-16)7-15-18-8-11(9-19-15)14(21)10-20/h3-4,7,9-10,21H,5-6,8,11H2,1-2H3;2-3,6,8-9,21H,4-5,7,10H2,1H3;2-3,6,8-9,21H,4-5,7,10H2,1H3;2-5,9-10,20H,6-8,11H2,1H3;2-4,7,9-10,20H,5-6,8,11H2,1H3;1-4,8-9,20H,5-7,10H2. The molecule has 0 saturated heterocycles. The lowest BCUT2D eigenvalue weighted by Crippen LogP contribution is -2.15. The van der Waals surface area contributed by atoms with E-state index in [0.29, 0.717) is 68.5 Å². The van der Waals surface area contributed by atoms with Crippen molar-refractivity contribution in [2.24, 2.45) is 0 Å². The highest BCUT2D eigenvalue weighted by Crippen LogP contribution is 2.56. The van der Waals surface area contributed by atoms with Crippen LogP contribution in [0, 0.1) is 33.5 Å². The minimum atomic E-state index is -0.546. The molecule has 0 bridgehead atoms. The number of aliphatic hydroxyl groups is 6. The van der Waals surface area contributed by atoms with Crippen molar-refractivity contribution >= 4 is 57.9 Å². The van der Waals surface area contributed by atoms with Crippen molar-refractivity contribution < 1.29 is 73.3 Å². The van der Waals surface area contributed by atoms with Gasteiger partial charge in [0.15, 0.2) is 34.7 Å². The van der Waals surface area contributed by atoms with Gasteiger partial charge in [-0.2, -0.15) is 0 Å². The van der Waals surface area contributed by atoms with Crippen LogP contribution in [0.5, 0.6) is 11.5 Å². The lowest BCUT2D eigenvalue weighted by atomic mass is 9.91. The van der Waals surface area contributed by atoms with Gasteiger partial charge in [-0.15, -0.1) is 0 Å². The van der Waals surface area contributed by atoms with Crippen LogP contribution >= 0.6 is 23.2 Å². The van der Waals surface area contributed by atoms with Gasteiger partial charge in [0.2, 0.25) is 0 Å². The van der Waals surface area contributed by atoms with E-state index < -0.39 is 45.4 Å². The minimum absolute atomic E-state index is 0.0568. The molecule has 6 aliphatic carbocycles. The number of benzene rings is 6. The molecule has 6 heterocycles. The van der Waals surface area contributed by atoms with Crippen molar-refractivity contribution in [3.63, 3.8) is 0 Å². The van der Waals surface area contributed by atoms with Crippen LogP contribution in [0.2, 0.25) is 10.0 Å². The summed E-state index contributed by atoms with van der Waals surface area (Å²) in [4.78, 5) is 119. The van der Waals surface area contributed by atoms with Gasteiger partial charge < -0.3 is 40.1 Å². The molecule has 29 heteroatoms. The summed E-state index contributed by atoms with van der Waals surface area (Å²) >= 11 is 12.1. The largest absolute Gasteiger partial charge is 0.496 e. The Bertz CT molecular complexity index is 5900. The van der Waals surface area contributed by atoms with E-state index in [2.05, 4.69) is 153 Å². The van der Waals surface area contributed by atoms with E-state index in [1.165, 1.54) is 108 Å². The Morgan fingerprint density at radius 1 is 0.298 bits per heavy atom. The van der Waals surface area contributed by atoms with Crippen LogP contribution in [0.4, 0.5) is 4.39 Å². The summed E-state index contributed by atoms with van der Waals surface area (Å²) in [6.45, 7) is 4.84. The quantitative estimate of drug-likeness (QED) is 0.0213. The fraction of sp³-hybridized carbons (Fsp3) is 0.353. The molecule has 26 nitrogen and oxygen atoms in total. The maximum absolute atomic E-state index is 13.8. The third-order valence-corrected chi connectivity index (χ3v) is 25.9. The highest BCUT2D eigenvalue weighted by Gasteiger charge is 2.50. The Balaban J connectivity index is 0.000000134. The number of aryl methyl sites for hydroxylation is 4. The summed E-state index contributed by atoms with van der Waals surface area (Å²) in [7, 11) is 3.33. The van der Waals surface area contributed by atoms with Crippen molar-refractivity contribution in [3.05, 3.63) is 342 Å². The Morgan fingerprint density at radius 2 is 0.565 bits per heavy atom. The molecule has 6 saturated carbocycles. The summed E-state index contributed by atoms with van der Waals surface area (Å²) in [6.07, 6.45) is 35.2. The zero-order valence-corrected chi connectivity index (χ0v) is 75.5. The average molecular weight is 1810 g/mol. The first-order chi connectivity index (χ1) is 63.1. The maximum atomic E-state index is 13.8. The molecule has 678 valence electrons. The normalized spacial score (nSPS) is 15.5. The van der Waals surface area contributed by atoms with Gasteiger partial charge in [-0.25, -0.2) is 64.2 Å². The molecule has 0 radical (unpaired) electrons. The van der Waals surface area contributed by atoms with Crippen LogP contribution in [0.1, 0.15) is 230 Å². The molecular formula is C102H105Cl2FN12O14. The molecule has 6 aromatic heterocycles. The highest BCUT2D eigenvalue weighted by atomic mass is 35.5. The topological polar surface area (TPSA) is 397 Å². The minimum Gasteiger partial charge on any atom is -0.496 e. The van der Waals surface area contributed by atoms with Crippen LogP contribution in [-0.4, -0.2) is 179 Å². The second-order valence-corrected chi connectivity index (χ2v) is 35.7. The molecule has 6 fully saturated rings. The predicted molar refractivity (Wildman–Crippen MR) is 489 cm³/mol. The molecule has 0 amide bonds. The lowest BCUT2D eigenvalue weighted by molar-refractivity contribution is 0.0897. The first-order valence-electron chi connectivity index (χ1n) is 43.4. The van der Waals surface area contributed by atoms with Gasteiger partial charge in [-0.05, 0) is 186 Å². The fourth-order valence-corrected chi connectivity index (χ4v) is 16.3. The number of rotatable bonds is 32. The molecule has 6 N–H and O–H groups in total. The van der Waals surface area contributed by atoms with Gasteiger partial charge in [-0.3, -0.25) is 28.8 Å². The van der Waals surface area contributed by atoms with E-state index in [1.54, 1.807) is 33.3 Å². The van der Waals surface area contributed by atoms with Gasteiger partial charge >= 0.3 is 0 Å². The number of nitrogens with zero attached hydrogens (tertiary/aromatic N) is 12. The molecular weight excluding hydrogens is 1710 g/mol. The highest BCUT2D eigenvalue weighted by molar-refractivity contribution is 6.31. The van der Waals surface area contributed by atoms with Crippen LogP contribution in [0.25, 0.3) is 0 Å². The molecule has 0 unspecified atom stereocenters. The Morgan fingerprint density at radius 3 is 0.855 bits per heavy atom. The number of halogens is 3. The molecule has 0 atom stereocenters. The Labute approximate surface area is 769 Å². The molecule has 6 aromatic carbocycles. The SMILES string of the molecule is COc1cc(C2(Cc3ncc(C(=O)CO)cn3)CC2)ccc1C.COc1ccc(Cl)cc1C1(Cc2ncc(C(=O)CO)cn2)CC1.Cc1ccc(C2(Cc3ncc(C(=O)CO)cn3)CC2)cc1.Cc1ccc(C2(Cc3ncc(C(=O)CO)cn3)CC2)cc1F.Cc1cccc(C2(Cc3ncc(C(=O)CO)cn3)CC2)c1.O=C(CO)c1cnc(CC2(c3ccc(Cl)cc3)CC2)nc1. The van der Waals surface area contributed by atoms with Crippen molar-refractivity contribution in [1.29, 1.82) is 0 Å². The van der Waals surface area contributed by atoms with Crippen LogP contribution < -0.4 is 9.47 Å². The third kappa shape index (κ3) is 24.7. The molecule has 12 aromatic rings. The van der Waals surface area contributed by atoms with E-state index in [4.69, 9.17) is 63.3 Å². The van der Waals surface area contributed by atoms with E-state index in [1.807, 2.05) is 43.3 Å². The summed E-state index contributed by atoms with van der Waals surface area (Å²) in [5.41, 5.74) is 13.9. The van der Waals surface area contributed by atoms with Gasteiger partial charge in [0.25, 0.3) is 0 Å². The summed E-state index contributed by atoms with van der Waals surface area (Å²) in [5, 5.41) is 54.4. The molecule has 0 spiro atoms. The fourth-order valence-electron chi connectivity index (χ4n) is 16.0. The number of carbonyl (C=O) groups is 6. The first kappa shape index (κ1) is 96.3. The van der Waals surface area contributed by atoms with Gasteiger partial charge in [0.05, 0.1) is 47.6 Å². The second-order valence-electron chi connectivity index (χ2n) is 34.8. The summed E-state index contributed by atoms with van der Waals surface area (Å²) in [5.74, 6) is 3.59. The molecule has 18 rings (SSSR count). The summed E-state index contributed by atoms with van der Waals surface area (Å²) in [6, 6.07) is 42.5. The maximum Gasteiger partial charge on any atom is 0.191 e. The zero-order chi connectivity index (χ0) is 93.3. The van der Waals surface area contributed by atoms with E-state index in [0.717, 1.165) is 159 Å². The van der Waals surface area contributed by atoms with Crippen LogP contribution in [0.3, 0.4) is 0 Å². The monoisotopic (exact) mass is 1810 g/mol. The van der Waals surface area contributed by atoms with Crippen molar-refractivity contribution in [3.8, 4) is 11.5 Å². The third-order valence-electron chi connectivity index (χ3n) is 25.4. The van der Waals surface area contributed by atoms with Gasteiger partial charge in [0.1, 0.15) is 91.9 Å². The van der Waals surface area contributed by atoms with E-state index in [9.17, 15) is 33.2 Å². The predicted octanol–water partition coefficient (Wildman–Crippen LogP) is 14.3. The van der Waals surface area contributed by atoms with Gasteiger partial charge in [0, 0.05) is 161 Å². The number of carbonyl (C=O) groups excluding carboxylic acids is 6. The Kier molecular flexibility index (Phi) is 31.4. The van der Waals surface area contributed by atoms with Crippen molar-refractivity contribution in [1.82, 2.24) is 59.8 Å². The molecule has 131 heavy (non-hydrogen) atoms. The number of aliphatic hydroxyl groups excluding tert-OH is 6. The number of methoxy groups -OCH3 is 2. The smallest absolute Gasteiger partial charge is 0.191 e. The van der Waals surface area contributed by atoms with E-state index >= 15 is 0 Å². The number of hydrogen-bond donors (Lipinski definition) is 6. The Hall–Kier alpha value is -12.3. The average Bonchev–Trinajstić information content (AvgIpc) is 1.58. The van der Waals surface area contributed by atoms with Crippen LogP contribution in [0.15, 0.2) is 202 Å². The number of hydrogen-bond acceptors (Lipinski definition) is 26.